The van der Waals surface area contributed by atoms with Gasteiger partial charge >= 0.3 is 0 Å². The van der Waals surface area contributed by atoms with E-state index in [2.05, 4.69) is 42.8 Å². The molecule has 0 spiro atoms. The summed E-state index contributed by atoms with van der Waals surface area (Å²) in [5, 5.41) is 3.64. The predicted molar refractivity (Wildman–Crippen MR) is 113 cm³/mol. The van der Waals surface area contributed by atoms with E-state index in [9.17, 15) is 0 Å². The highest BCUT2D eigenvalue weighted by Crippen LogP contribution is 2.15. The van der Waals surface area contributed by atoms with Gasteiger partial charge in [0.2, 0.25) is 0 Å². The van der Waals surface area contributed by atoms with Crippen molar-refractivity contribution in [2.24, 2.45) is 0 Å². The average Bonchev–Trinajstić information content (AvgIpc) is 2.82. The summed E-state index contributed by atoms with van der Waals surface area (Å²) in [6, 6.07) is 0. The Morgan fingerprint density at radius 3 is 2.84 bits per heavy atom. The van der Waals surface area contributed by atoms with Gasteiger partial charge in [-0.2, -0.15) is 0 Å². The predicted octanol–water partition coefficient (Wildman–Crippen LogP) is 5.87. The van der Waals surface area contributed by atoms with E-state index in [1.165, 1.54) is 84.0 Å². The standard InChI is InChI=1S/C23H42N2/c1-4-6-7-8-14-23(12-5-2)15-9-10-17-24-18-21-25-19-11-13-22(3)16-20-25/h4,13-14,24H,1,5-12,15-21H2,2-3H3. The van der Waals surface area contributed by atoms with Gasteiger partial charge in [-0.15, -0.1) is 6.58 Å². The van der Waals surface area contributed by atoms with Gasteiger partial charge in [-0.05, 0) is 71.3 Å². The summed E-state index contributed by atoms with van der Waals surface area (Å²) < 4.78 is 0. The molecule has 0 aromatic heterocycles. The second kappa shape index (κ2) is 15.4. The van der Waals surface area contributed by atoms with Crippen LogP contribution in [0.4, 0.5) is 0 Å². The number of nitrogens with zero attached hydrogens (tertiary/aromatic N) is 1. The van der Waals surface area contributed by atoms with Crippen molar-refractivity contribution in [3.8, 4) is 0 Å². The Bertz CT molecular complexity index is 395. The minimum Gasteiger partial charge on any atom is -0.315 e. The summed E-state index contributed by atoms with van der Waals surface area (Å²) in [5.41, 5.74) is 3.25. The van der Waals surface area contributed by atoms with Crippen LogP contribution in [-0.2, 0) is 0 Å². The van der Waals surface area contributed by atoms with Crippen LogP contribution in [0.2, 0.25) is 0 Å². The molecule has 0 saturated heterocycles. The second-order valence-electron chi connectivity index (χ2n) is 7.47. The third kappa shape index (κ3) is 12.2. The van der Waals surface area contributed by atoms with Crippen LogP contribution >= 0.6 is 0 Å². The van der Waals surface area contributed by atoms with Gasteiger partial charge in [0.25, 0.3) is 0 Å². The minimum absolute atomic E-state index is 1.14. The van der Waals surface area contributed by atoms with Crippen LogP contribution < -0.4 is 5.32 Å². The third-order valence-corrected chi connectivity index (χ3v) is 5.08. The van der Waals surface area contributed by atoms with E-state index < -0.39 is 0 Å². The van der Waals surface area contributed by atoms with Crippen molar-refractivity contribution in [2.75, 3.05) is 32.7 Å². The van der Waals surface area contributed by atoms with E-state index in [1.807, 2.05) is 6.08 Å². The molecule has 1 rings (SSSR count). The maximum atomic E-state index is 3.80. The molecule has 0 radical (unpaired) electrons. The molecule has 25 heavy (non-hydrogen) atoms. The van der Waals surface area contributed by atoms with Crippen LogP contribution in [-0.4, -0.2) is 37.6 Å². The molecule has 0 aliphatic carbocycles. The van der Waals surface area contributed by atoms with Crippen LogP contribution in [0.25, 0.3) is 0 Å². The molecule has 1 aliphatic heterocycles. The smallest absolute Gasteiger partial charge is 0.0107 e. The monoisotopic (exact) mass is 346 g/mol. The zero-order valence-electron chi connectivity index (χ0n) is 17.0. The molecule has 0 unspecified atom stereocenters. The van der Waals surface area contributed by atoms with E-state index in [0.717, 1.165) is 13.0 Å². The zero-order valence-corrected chi connectivity index (χ0v) is 17.0. The van der Waals surface area contributed by atoms with E-state index in [4.69, 9.17) is 0 Å². The van der Waals surface area contributed by atoms with Crippen LogP contribution in [0.3, 0.4) is 0 Å². The molecule has 0 atom stereocenters. The molecule has 0 aromatic rings. The van der Waals surface area contributed by atoms with Gasteiger partial charge in [0.1, 0.15) is 0 Å². The average molecular weight is 347 g/mol. The van der Waals surface area contributed by atoms with Gasteiger partial charge in [-0.25, -0.2) is 0 Å². The Labute approximate surface area is 157 Å². The molecule has 0 fully saturated rings. The van der Waals surface area contributed by atoms with E-state index in [0.29, 0.717) is 0 Å². The topological polar surface area (TPSA) is 15.3 Å². The lowest BCUT2D eigenvalue weighted by atomic mass is 10.0. The van der Waals surface area contributed by atoms with Gasteiger partial charge in [-0.3, -0.25) is 0 Å². The Morgan fingerprint density at radius 1 is 1.16 bits per heavy atom. The number of nitrogens with one attached hydrogen (secondary N) is 1. The first-order chi connectivity index (χ1) is 12.3. The highest BCUT2D eigenvalue weighted by molar-refractivity contribution is 5.02. The Morgan fingerprint density at radius 2 is 2.04 bits per heavy atom. The summed E-state index contributed by atoms with van der Waals surface area (Å²) >= 11 is 0. The molecule has 0 amide bonds. The number of allylic oxidation sites excluding steroid dienone is 3. The maximum absolute atomic E-state index is 3.80. The quantitative estimate of drug-likeness (QED) is 0.312. The fourth-order valence-corrected chi connectivity index (χ4v) is 3.45. The van der Waals surface area contributed by atoms with Crippen molar-refractivity contribution < 1.29 is 0 Å². The van der Waals surface area contributed by atoms with Crippen molar-refractivity contribution in [1.29, 1.82) is 0 Å². The van der Waals surface area contributed by atoms with Crippen LogP contribution in [0.1, 0.15) is 78.1 Å². The molecular formula is C23H42N2. The van der Waals surface area contributed by atoms with Crippen molar-refractivity contribution in [3.63, 3.8) is 0 Å². The second-order valence-corrected chi connectivity index (χ2v) is 7.47. The molecule has 1 N–H and O–H groups in total. The van der Waals surface area contributed by atoms with Crippen molar-refractivity contribution in [2.45, 2.75) is 78.1 Å². The van der Waals surface area contributed by atoms with Gasteiger partial charge < -0.3 is 10.2 Å². The highest BCUT2D eigenvalue weighted by atomic mass is 15.1. The fraction of sp³-hybridized carbons (Fsp3) is 0.739. The molecule has 1 heterocycles. The molecular weight excluding hydrogens is 304 g/mol. The SMILES string of the molecule is C=CCCCC=C(CCC)CCCCNCCN1CCC=C(C)CC1. The molecule has 2 heteroatoms. The lowest BCUT2D eigenvalue weighted by molar-refractivity contribution is 0.287. The first kappa shape index (κ1) is 22.2. The Balaban J connectivity index is 2.03. The summed E-state index contributed by atoms with van der Waals surface area (Å²) in [4.78, 5) is 2.60. The molecule has 0 bridgehead atoms. The maximum Gasteiger partial charge on any atom is 0.0107 e. The minimum atomic E-state index is 1.14. The van der Waals surface area contributed by atoms with Crippen LogP contribution in [0.5, 0.6) is 0 Å². The largest absolute Gasteiger partial charge is 0.315 e. The molecule has 1 aliphatic rings. The van der Waals surface area contributed by atoms with Crippen LogP contribution in [0, 0.1) is 0 Å². The van der Waals surface area contributed by atoms with Gasteiger partial charge in [0.15, 0.2) is 0 Å². The molecule has 2 nitrogen and oxygen atoms in total. The lowest BCUT2D eigenvalue weighted by Crippen LogP contribution is -2.33. The third-order valence-electron chi connectivity index (χ3n) is 5.08. The van der Waals surface area contributed by atoms with Crippen molar-refractivity contribution in [3.05, 3.63) is 36.0 Å². The number of unbranched alkanes of at least 4 members (excludes halogenated alkanes) is 3. The van der Waals surface area contributed by atoms with E-state index >= 15 is 0 Å². The van der Waals surface area contributed by atoms with Crippen molar-refractivity contribution >= 4 is 0 Å². The fourth-order valence-electron chi connectivity index (χ4n) is 3.45. The van der Waals surface area contributed by atoms with Gasteiger partial charge in [0.05, 0.1) is 0 Å². The summed E-state index contributed by atoms with van der Waals surface area (Å²) in [6.07, 6.45) is 19.5. The van der Waals surface area contributed by atoms with E-state index in [-0.39, 0.29) is 0 Å². The number of rotatable bonds is 14. The summed E-state index contributed by atoms with van der Waals surface area (Å²) in [7, 11) is 0. The Kier molecular flexibility index (Phi) is 13.7. The molecule has 144 valence electrons. The van der Waals surface area contributed by atoms with Crippen molar-refractivity contribution in [1.82, 2.24) is 10.2 Å². The number of hydrogen-bond donors (Lipinski definition) is 1. The van der Waals surface area contributed by atoms with Crippen LogP contribution in [0.15, 0.2) is 36.0 Å². The molecule has 0 aromatic carbocycles. The highest BCUT2D eigenvalue weighted by Gasteiger charge is 2.07. The number of hydrogen-bond acceptors (Lipinski definition) is 2. The van der Waals surface area contributed by atoms with Gasteiger partial charge in [-0.1, -0.05) is 42.7 Å². The Hall–Kier alpha value is -0.860. The first-order valence-corrected chi connectivity index (χ1v) is 10.6. The lowest BCUT2D eigenvalue weighted by Gasteiger charge is -2.20. The zero-order chi connectivity index (χ0) is 18.2. The molecule has 0 saturated carbocycles. The summed E-state index contributed by atoms with van der Waals surface area (Å²) in [6.45, 7) is 14.3. The van der Waals surface area contributed by atoms with Gasteiger partial charge in [0, 0.05) is 26.2 Å². The normalized spacial score (nSPS) is 16.6. The van der Waals surface area contributed by atoms with E-state index in [1.54, 1.807) is 11.1 Å². The first-order valence-electron chi connectivity index (χ1n) is 10.6. The summed E-state index contributed by atoms with van der Waals surface area (Å²) in [5.74, 6) is 0.